The van der Waals surface area contributed by atoms with Crippen LogP contribution >= 0.6 is 0 Å². The van der Waals surface area contributed by atoms with E-state index in [0.717, 1.165) is 12.1 Å². The Labute approximate surface area is 98.0 Å². The third-order valence-corrected chi connectivity index (χ3v) is 2.88. The average Bonchev–Trinajstić information content (AvgIpc) is 2.32. The lowest BCUT2D eigenvalue weighted by Gasteiger charge is -2.27. The summed E-state index contributed by atoms with van der Waals surface area (Å²) >= 11 is 0. The maximum Gasteiger partial charge on any atom is 0.162 e. The Morgan fingerprint density at radius 1 is 1.35 bits per heavy atom. The van der Waals surface area contributed by atoms with Gasteiger partial charge in [-0.05, 0) is 12.5 Å². The molecule has 1 aliphatic heterocycles. The highest BCUT2D eigenvalue weighted by atomic mass is 19.2. The van der Waals surface area contributed by atoms with Crippen molar-refractivity contribution in [1.82, 2.24) is 0 Å². The van der Waals surface area contributed by atoms with Crippen molar-refractivity contribution in [3.63, 3.8) is 0 Å². The summed E-state index contributed by atoms with van der Waals surface area (Å²) < 4.78 is 36.7. The minimum Gasteiger partial charge on any atom is -0.496 e. The molecule has 1 aromatic carbocycles. The number of aliphatic hydroxyl groups excluding tert-OH is 1. The molecule has 94 valence electrons. The predicted octanol–water partition coefficient (Wildman–Crippen LogP) is 2.19. The van der Waals surface area contributed by atoms with E-state index in [9.17, 15) is 13.9 Å². The number of benzene rings is 1. The van der Waals surface area contributed by atoms with Crippen LogP contribution in [0.5, 0.6) is 5.75 Å². The topological polar surface area (TPSA) is 38.7 Å². The van der Waals surface area contributed by atoms with Gasteiger partial charge in [0.1, 0.15) is 5.75 Å². The lowest BCUT2D eigenvalue weighted by Crippen LogP contribution is -2.23. The van der Waals surface area contributed by atoms with Crippen molar-refractivity contribution in [3.8, 4) is 5.75 Å². The molecule has 2 unspecified atom stereocenters. The van der Waals surface area contributed by atoms with Crippen molar-refractivity contribution in [2.24, 2.45) is 0 Å². The average molecular weight is 244 g/mol. The summed E-state index contributed by atoms with van der Waals surface area (Å²) in [5.41, 5.74) is 0.435. The molecule has 1 aliphatic rings. The molecule has 1 fully saturated rings. The fraction of sp³-hybridized carbons (Fsp3) is 0.500. The van der Waals surface area contributed by atoms with Gasteiger partial charge in [-0.15, -0.1) is 0 Å². The van der Waals surface area contributed by atoms with E-state index in [1.54, 1.807) is 0 Å². The SMILES string of the molecule is COc1cc(F)c(F)cc1C1CC(O)CCO1. The molecule has 2 rings (SSSR count). The van der Waals surface area contributed by atoms with Crippen LogP contribution in [0.25, 0.3) is 0 Å². The second-order valence-electron chi connectivity index (χ2n) is 4.05. The molecule has 1 N–H and O–H groups in total. The maximum absolute atomic E-state index is 13.2. The molecule has 0 radical (unpaired) electrons. The quantitative estimate of drug-likeness (QED) is 0.866. The molecule has 1 saturated heterocycles. The van der Waals surface area contributed by atoms with Gasteiger partial charge in [-0.1, -0.05) is 0 Å². The molecule has 1 heterocycles. The number of ether oxygens (including phenoxy) is 2. The third kappa shape index (κ3) is 2.56. The molecule has 0 aliphatic carbocycles. The van der Waals surface area contributed by atoms with Crippen LogP contribution in [0.15, 0.2) is 12.1 Å². The lowest BCUT2D eigenvalue weighted by atomic mass is 9.98. The van der Waals surface area contributed by atoms with E-state index >= 15 is 0 Å². The summed E-state index contributed by atoms with van der Waals surface area (Å²) in [6, 6.07) is 2.06. The Kier molecular flexibility index (Phi) is 3.59. The van der Waals surface area contributed by atoms with Crippen molar-refractivity contribution in [3.05, 3.63) is 29.3 Å². The lowest BCUT2D eigenvalue weighted by molar-refractivity contribution is -0.0457. The van der Waals surface area contributed by atoms with E-state index in [-0.39, 0.29) is 5.75 Å². The zero-order valence-corrected chi connectivity index (χ0v) is 9.45. The minimum atomic E-state index is -0.957. The molecule has 0 amide bonds. The first-order valence-corrected chi connectivity index (χ1v) is 5.44. The fourth-order valence-electron chi connectivity index (χ4n) is 1.97. The Morgan fingerprint density at radius 2 is 2.06 bits per heavy atom. The molecule has 0 bridgehead atoms. The Hall–Kier alpha value is -1.20. The molecule has 3 nitrogen and oxygen atoms in total. The molecule has 0 aromatic heterocycles. The number of hydrogen-bond acceptors (Lipinski definition) is 3. The number of rotatable bonds is 2. The molecule has 2 atom stereocenters. The number of methoxy groups -OCH3 is 1. The predicted molar refractivity (Wildman–Crippen MR) is 56.8 cm³/mol. The Balaban J connectivity index is 2.33. The van der Waals surface area contributed by atoms with Crippen LogP contribution in [0.1, 0.15) is 24.5 Å². The molecule has 0 spiro atoms. The normalized spacial score (nSPS) is 24.7. The highest BCUT2D eigenvalue weighted by molar-refractivity contribution is 5.36. The largest absolute Gasteiger partial charge is 0.496 e. The van der Waals surface area contributed by atoms with Crippen molar-refractivity contribution in [2.45, 2.75) is 25.0 Å². The number of aliphatic hydroxyl groups is 1. The Bertz CT molecular complexity index is 409. The van der Waals surface area contributed by atoms with Gasteiger partial charge in [-0.3, -0.25) is 0 Å². The monoisotopic (exact) mass is 244 g/mol. The van der Waals surface area contributed by atoms with Gasteiger partial charge >= 0.3 is 0 Å². The van der Waals surface area contributed by atoms with Crippen LogP contribution in [0.2, 0.25) is 0 Å². The second kappa shape index (κ2) is 4.98. The Morgan fingerprint density at radius 3 is 2.71 bits per heavy atom. The molecular weight excluding hydrogens is 230 g/mol. The number of halogens is 2. The second-order valence-corrected chi connectivity index (χ2v) is 4.05. The molecular formula is C12H14F2O3. The summed E-state index contributed by atoms with van der Waals surface area (Å²) in [4.78, 5) is 0. The highest BCUT2D eigenvalue weighted by Crippen LogP contribution is 2.35. The van der Waals surface area contributed by atoms with Gasteiger partial charge in [0.25, 0.3) is 0 Å². The molecule has 5 heteroatoms. The summed E-state index contributed by atoms with van der Waals surface area (Å²) in [5.74, 6) is -1.66. The molecule has 1 aromatic rings. The van der Waals surface area contributed by atoms with Crippen LogP contribution in [-0.2, 0) is 4.74 Å². The summed E-state index contributed by atoms with van der Waals surface area (Å²) in [7, 11) is 1.38. The smallest absolute Gasteiger partial charge is 0.162 e. The first kappa shape index (κ1) is 12.3. The summed E-state index contributed by atoms with van der Waals surface area (Å²) in [6.07, 6.45) is -0.0143. The molecule has 17 heavy (non-hydrogen) atoms. The van der Waals surface area contributed by atoms with Gasteiger partial charge in [0.05, 0.1) is 19.3 Å². The van der Waals surface area contributed by atoms with Gasteiger partial charge in [-0.25, -0.2) is 8.78 Å². The first-order valence-electron chi connectivity index (χ1n) is 5.44. The fourth-order valence-corrected chi connectivity index (χ4v) is 1.97. The summed E-state index contributed by atoms with van der Waals surface area (Å²) in [5, 5.41) is 9.54. The van der Waals surface area contributed by atoms with Gasteiger partial charge in [-0.2, -0.15) is 0 Å². The van der Waals surface area contributed by atoms with Gasteiger partial charge in [0.2, 0.25) is 0 Å². The van der Waals surface area contributed by atoms with E-state index in [4.69, 9.17) is 9.47 Å². The van der Waals surface area contributed by atoms with Crippen LogP contribution in [0, 0.1) is 11.6 Å². The van der Waals surface area contributed by atoms with Crippen molar-refractivity contribution in [1.29, 1.82) is 0 Å². The first-order chi connectivity index (χ1) is 8.11. The van der Waals surface area contributed by atoms with Crippen LogP contribution in [0.4, 0.5) is 8.78 Å². The van der Waals surface area contributed by atoms with Crippen LogP contribution < -0.4 is 4.74 Å². The van der Waals surface area contributed by atoms with E-state index < -0.39 is 23.8 Å². The van der Waals surface area contributed by atoms with Gasteiger partial charge < -0.3 is 14.6 Å². The van der Waals surface area contributed by atoms with Gasteiger partial charge in [0.15, 0.2) is 11.6 Å². The van der Waals surface area contributed by atoms with E-state index in [1.807, 2.05) is 0 Å². The van der Waals surface area contributed by atoms with E-state index in [0.29, 0.717) is 25.0 Å². The maximum atomic E-state index is 13.2. The van der Waals surface area contributed by atoms with Gasteiger partial charge in [0, 0.05) is 24.7 Å². The zero-order chi connectivity index (χ0) is 12.4. The molecule has 0 saturated carbocycles. The van der Waals surface area contributed by atoms with Crippen LogP contribution in [-0.4, -0.2) is 24.9 Å². The van der Waals surface area contributed by atoms with Crippen molar-refractivity contribution < 1.29 is 23.4 Å². The number of hydrogen-bond donors (Lipinski definition) is 1. The highest BCUT2D eigenvalue weighted by Gasteiger charge is 2.26. The van der Waals surface area contributed by atoms with Crippen molar-refractivity contribution in [2.75, 3.05) is 13.7 Å². The van der Waals surface area contributed by atoms with E-state index in [1.165, 1.54) is 7.11 Å². The summed E-state index contributed by atoms with van der Waals surface area (Å²) in [6.45, 7) is 0.397. The standard InChI is InChI=1S/C12H14F2O3/c1-16-11-6-10(14)9(13)5-8(11)12-4-7(15)2-3-17-12/h5-7,12,15H,2-4H2,1H3. The van der Waals surface area contributed by atoms with Crippen LogP contribution in [0.3, 0.4) is 0 Å². The van der Waals surface area contributed by atoms with E-state index in [2.05, 4.69) is 0 Å². The van der Waals surface area contributed by atoms with Crippen molar-refractivity contribution >= 4 is 0 Å². The minimum absolute atomic E-state index is 0.239. The zero-order valence-electron chi connectivity index (χ0n) is 9.45. The third-order valence-electron chi connectivity index (χ3n) is 2.88.